The number of hydrogen-bond donors (Lipinski definition) is 2. The van der Waals surface area contributed by atoms with E-state index >= 15 is 0 Å². The van der Waals surface area contributed by atoms with Gasteiger partial charge in [-0.1, -0.05) is 31.0 Å². The normalized spacial score (nSPS) is 25.1. The molecule has 0 radical (unpaired) electrons. The molecule has 2 fully saturated rings. The average Bonchev–Trinajstić information content (AvgIpc) is 2.91. The van der Waals surface area contributed by atoms with Gasteiger partial charge in [0.2, 0.25) is 5.91 Å². The molecule has 1 aromatic rings. The van der Waals surface area contributed by atoms with Crippen molar-refractivity contribution in [3.8, 4) is 0 Å². The number of hydrogen-bond acceptors (Lipinski definition) is 2. The highest BCUT2D eigenvalue weighted by atomic mass is 19.4. The SMILES string of the molecule is O=C1NC(c2ccccc2C(F)(F)F)CNC12CCCC2. The van der Waals surface area contributed by atoms with Crippen molar-refractivity contribution in [2.45, 2.75) is 43.4 Å². The minimum absolute atomic E-state index is 0.124. The van der Waals surface area contributed by atoms with E-state index in [1.54, 1.807) is 6.07 Å². The molecule has 6 heteroatoms. The van der Waals surface area contributed by atoms with Crippen molar-refractivity contribution < 1.29 is 18.0 Å². The van der Waals surface area contributed by atoms with E-state index in [4.69, 9.17) is 0 Å². The summed E-state index contributed by atoms with van der Waals surface area (Å²) in [6.45, 7) is 0.332. The van der Waals surface area contributed by atoms with Gasteiger partial charge in [0.05, 0.1) is 17.1 Å². The van der Waals surface area contributed by atoms with Crippen molar-refractivity contribution >= 4 is 5.91 Å². The molecule has 1 amide bonds. The Bertz CT molecular complexity index is 550. The third-order valence-electron chi connectivity index (χ3n) is 4.48. The minimum atomic E-state index is -4.41. The number of carbonyl (C=O) groups is 1. The lowest BCUT2D eigenvalue weighted by Gasteiger charge is -2.38. The van der Waals surface area contributed by atoms with Crippen LogP contribution in [0.3, 0.4) is 0 Å². The van der Waals surface area contributed by atoms with Crippen molar-refractivity contribution in [3.63, 3.8) is 0 Å². The average molecular weight is 298 g/mol. The molecule has 1 saturated carbocycles. The van der Waals surface area contributed by atoms with Crippen molar-refractivity contribution in [1.82, 2.24) is 10.6 Å². The van der Waals surface area contributed by atoms with Gasteiger partial charge in [-0.25, -0.2) is 0 Å². The van der Waals surface area contributed by atoms with Crippen molar-refractivity contribution in [2.75, 3.05) is 6.54 Å². The predicted molar refractivity (Wildman–Crippen MR) is 71.5 cm³/mol. The molecule has 1 atom stereocenters. The van der Waals surface area contributed by atoms with E-state index in [2.05, 4.69) is 10.6 Å². The number of piperazine rings is 1. The number of carbonyl (C=O) groups excluding carboxylic acids is 1. The van der Waals surface area contributed by atoms with Gasteiger partial charge >= 0.3 is 6.18 Å². The Kier molecular flexibility index (Phi) is 3.43. The van der Waals surface area contributed by atoms with Crippen molar-refractivity contribution in [3.05, 3.63) is 35.4 Å². The monoisotopic (exact) mass is 298 g/mol. The van der Waals surface area contributed by atoms with Crippen LogP contribution in [0, 0.1) is 0 Å². The number of nitrogens with one attached hydrogen (secondary N) is 2. The predicted octanol–water partition coefficient (Wildman–Crippen LogP) is 2.78. The molecule has 1 saturated heterocycles. The standard InChI is InChI=1S/C15H17F3N2O/c16-15(17,18)11-6-2-1-5-10(11)12-9-19-14(13(21)20-12)7-3-4-8-14/h1-2,5-6,12,19H,3-4,7-9H2,(H,20,21). The molecule has 114 valence electrons. The van der Waals surface area contributed by atoms with Gasteiger partial charge in [-0.2, -0.15) is 13.2 Å². The van der Waals surface area contributed by atoms with E-state index in [9.17, 15) is 18.0 Å². The highest BCUT2D eigenvalue weighted by Crippen LogP contribution is 2.37. The fourth-order valence-corrected chi connectivity index (χ4v) is 3.35. The molecule has 0 aromatic heterocycles. The Balaban J connectivity index is 1.86. The quantitative estimate of drug-likeness (QED) is 0.837. The molecule has 3 nitrogen and oxygen atoms in total. The van der Waals surface area contributed by atoms with Crippen LogP contribution in [0.15, 0.2) is 24.3 Å². The van der Waals surface area contributed by atoms with Crippen LogP contribution in [0.2, 0.25) is 0 Å². The first-order chi connectivity index (χ1) is 9.92. The third-order valence-corrected chi connectivity index (χ3v) is 4.48. The number of benzene rings is 1. The summed E-state index contributed by atoms with van der Waals surface area (Å²) in [5.41, 5.74) is -1.12. The van der Waals surface area contributed by atoms with Gasteiger partial charge in [0, 0.05) is 6.54 Å². The van der Waals surface area contributed by atoms with Crippen LogP contribution in [0.25, 0.3) is 0 Å². The Labute approximate surface area is 120 Å². The third kappa shape index (κ3) is 2.52. The summed E-state index contributed by atoms with van der Waals surface area (Å²) in [5.74, 6) is -0.173. The second-order valence-corrected chi connectivity index (χ2v) is 5.78. The van der Waals surface area contributed by atoms with E-state index in [-0.39, 0.29) is 11.5 Å². The molecule has 1 aromatic carbocycles. The van der Waals surface area contributed by atoms with E-state index in [1.807, 2.05) is 0 Å². The van der Waals surface area contributed by atoms with E-state index in [0.717, 1.165) is 31.7 Å². The number of amides is 1. The lowest BCUT2D eigenvalue weighted by Crippen LogP contribution is -2.62. The Morgan fingerprint density at radius 1 is 1.14 bits per heavy atom. The first-order valence-corrected chi connectivity index (χ1v) is 7.14. The van der Waals surface area contributed by atoms with Crippen LogP contribution >= 0.6 is 0 Å². The molecular formula is C15H17F3N2O. The highest BCUT2D eigenvalue weighted by Gasteiger charge is 2.46. The first kappa shape index (κ1) is 14.4. The van der Waals surface area contributed by atoms with Crippen LogP contribution in [0.5, 0.6) is 0 Å². The van der Waals surface area contributed by atoms with Crippen LogP contribution < -0.4 is 10.6 Å². The molecule has 2 aliphatic rings. The van der Waals surface area contributed by atoms with Crippen LogP contribution in [-0.2, 0) is 11.0 Å². The maximum Gasteiger partial charge on any atom is 0.416 e. The largest absolute Gasteiger partial charge is 0.416 e. The summed E-state index contributed by atoms with van der Waals surface area (Å²) in [4.78, 5) is 12.3. The molecule has 0 bridgehead atoms. The first-order valence-electron chi connectivity index (χ1n) is 7.14. The second-order valence-electron chi connectivity index (χ2n) is 5.78. The Morgan fingerprint density at radius 3 is 2.43 bits per heavy atom. The van der Waals surface area contributed by atoms with Gasteiger partial charge in [0.1, 0.15) is 0 Å². The van der Waals surface area contributed by atoms with Crippen LogP contribution in [-0.4, -0.2) is 18.0 Å². The molecule has 1 aliphatic carbocycles. The fourth-order valence-electron chi connectivity index (χ4n) is 3.35. The van der Waals surface area contributed by atoms with Crippen molar-refractivity contribution in [1.29, 1.82) is 0 Å². The summed E-state index contributed by atoms with van der Waals surface area (Å²) in [6.07, 6.45) is -0.947. The molecule has 2 N–H and O–H groups in total. The molecule has 3 rings (SSSR count). The van der Waals surface area contributed by atoms with Gasteiger partial charge in [0.15, 0.2) is 0 Å². The van der Waals surface area contributed by atoms with Gasteiger partial charge < -0.3 is 10.6 Å². The second kappa shape index (κ2) is 5.02. The summed E-state index contributed by atoms with van der Waals surface area (Å²) in [7, 11) is 0. The zero-order valence-electron chi connectivity index (χ0n) is 11.5. The molecule has 1 spiro atoms. The molecule has 21 heavy (non-hydrogen) atoms. The summed E-state index contributed by atoms with van der Waals surface area (Å²) >= 11 is 0. The van der Waals surface area contributed by atoms with Gasteiger partial charge in [-0.3, -0.25) is 4.79 Å². The Morgan fingerprint density at radius 2 is 1.81 bits per heavy atom. The molecule has 1 aliphatic heterocycles. The van der Waals surface area contributed by atoms with E-state index < -0.39 is 23.3 Å². The number of rotatable bonds is 1. The smallest absolute Gasteiger partial charge is 0.346 e. The van der Waals surface area contributed by atoms with E-state index in [1.165, 1.54) is 12.1 Å². The molecule has 1 unspecified atom stereocenters. The maximum atomic E-state index is 13.1. The highest BCUT2D eigenvalue weighted by molar-refractivity contribution is 5.88. The lowest BCUT2D eigenvalue weighted by molar-refractivity contribution is -0.139. The van der Waals surface area contributed by atoms with Crippen LogP contribution in [0.1, 0.15) is 42.9 Å². The number of halogens is 3. The lowest BCUT2D eigenvalue weighted by atomic mass is 9.90. The summed E-state index contributed by atoms with van der Waals surface area (Å²) < 4.78 is 39.2. The number of alkyl halides is 3. The molecular weight excluding hydrogens is 281 g/mol. The topological polar surface area (TPSA) is 41.1 Å². The Hall–Kier alpha value is -1.56. The van der Waals surface area contributed by atoms with Gasteiger partial charge in [0.25, 0.3) is 0 Å². The van der Waals surface area contributed by atoms with Gasteiger partial charge in [-0.05, 0) is 24.5 Å². The van der Waals surface area contributed by atoms with Crippen LogP contribution in [0.4, 0.5) is 13.2 Å². The summed E-state index contributed by atoms with van der Waals surface area (Å²) in [6, 6.07) is 4.78. The summed E-state index contributed by atoms with van der Waals surface area (Å²) in [5, 5.41) is 5.97. The minimum Gasteiger partial charge on any atom is -0.346 e. The zero-order chi connectivity index (χ0) is 15.1. The molecule has 1 heterocycles. The zero-order valence-corrected chi connectivity index (χ0v) is 11.5. The van der Waals surface area contributed by atoms with Gasteiger partial charge in [-0.15, -0.1) is 0 Å². The fraction of sp³-hybridized carbons (Fsp3) is 0.533. The maximum absolute atomic E-state index is 13.1. The van der Waals surface area contributed by atoms with E-state index in [0.29, 0.717) is 6.54 Å². The van der Waals surface area contributed by atoms with Crippen molar-refractivity contribution in [2.24, 2.45) is 0 Å².